The van der Waals surface area contributed by atoms with E-state index in [2.05, 4.69) is 5.32 Å². The SMILES string of the molecule is Cc1c(Cl)ccc2c1NC(=O)[C@@]21[NH2+][C@H](CCC(=O)[O-])[C@H]2C(=O)N(Cc3ccccc3)C(=O)[C@H]21. The monoisotopic (exact) mass is 467 g/mol. The second-order valence-electron chi connectivity index (χ2n) is 8.91. The van der Waals surface area contributed by atoms with Crippen LogP contribution in [0, 0.1) is 18.8 Å². The minimum Gasteiger partial charge on any atom is -0.550 e. The lowest BCUT2D eigenvalue weighted by Gasteiger charge is -2.26. The molecule has 3 heterocycles. The van der Waals surface area contributed by atoms with Crippen LogP contribution in [0.4, 0.5) is 5.69 Å². The molecule has 3 aliphatic rings. The lowest BCUT2D eigenvalue weighted by Crippen LogP contribution is -2.99. The van der Waals surface area contributed by atoms with E-state index in [0.717, 1.165) is 5.56 Å². The number of hydrogen-bond donors (Lipinski definition) is 2. The van der Waals surface area contributed by atoms with Gasteiger partial charge in [-0.05, 0) is 36.6 Å². The van der Waals surface area contributed by atoms with Gasteiger partial charge < -0.3 is 20.5 Å². The number of nitrogens with two attached hydrogens (primary N) is 1. The summed E-state index contributed by atoms with van der Waals surface area (Å²) in [5.41, 5.74) is 1.26. The number of nitrogens with zero attached hydrogens (tertiary/aromatic N) is 1. The molecule has 0 radical (unpaired) electrons. The Labute approximate surface area is 194 Å². The Morgan fingerprint density at radius 1 is 1.15 bits per heavy atom. The van der Waals surface area contributed by atoms with Gasteiger partial charge in [0.15, 0.2) is 0 Å². The van der Waals surface area contributed by atoms with Gasteiger partial charge in [0.05, 0.1) is 12.2 Å². The van der Waals surface area contributed by atoms with Crippen LogP contribution in [0.2, 0.25) is 5.02 Å². The molecule has 1 spiro atoms. The van der Waals surface area contributed by atoms with Gasteiger partial charge in [-0.1, -0.05) is 41.9 Å². The minimum atomic E-state index is -1.36. The number of carbonyl (C=O) groups is 4. The zero-order chi connectivity index (χ0) is 23.5. The summed E-state index contributed by atoms with van der Waals surface area (Å²) >= 11 is 6.26. The predicted octanol–water partition coefficient (Wildman–Crippen LogP) is 0.0729. The maximum Gasteiger partial charge on any atom is 0.291 e. The summed E-state index contributed by atoms with van der Waals surface area (Å²) in [5.74, 6) is -4.18. The van der Waals surface area contributed by atoms with Crippen LogP contribution >= 0.6 is 11.6 Å². The average molecular weight is 468 g/mol. The summed E-state index contributed by atoms with van der Waals surface area (Å²) in [7, 11) is 0. The van der Waals surface area contributed by atoms with E-state index in [9.17, 15) is 24.3 Å². The highest BCUT2D eigenvalue weighted by Crippen LogP contribution is 2.51. The Balaban J connectivity index is 1.61. The molecule has 2 saturated heterocycles. The number of aliphatic carboxylic acids is 1. The first-order valence-electron chi connectivity index (χ1n) is 10.8. The maximum absolute atomic E-state index is 13.7. The van der Waals surface area contributed by atoms with Gasteiger partial charge in [-0.15, -0.1) is 0 Å². The number of anilines is 1. The zero-order valence-corrected chi connectivity index (χ0v) is 18.6. The van der Waals surface area contributed by atoms with Gasteiger partial charge in [-0.25, -0.2) is 0 Å². The smallest absolute Gasteiger partial charge is 0.291 e. The molecule has 0 aromatic heterocycles. The summed E-state index contributed by atoms with van der Waals surface area (Å²) in [4.78, 5) is 53.1. The van der Waals surface area contributed by atoms with Crippen molar-refractivity contribution in [2.24, 2.45) is 11.8 Å². The molecule has 2 aromatic rings. The number of amides is 3. The van der Waals surface area contributed by atoms with Crippen LogP contribution in [0.25, 0.3) is 0 Å². The van der Waals surface area contributed by atoms with Gasteiger partial charge in [0.1, 0.15) is 17.9 Å². The highest BCUT2D eigenvalue weighted by atomic mass is 35.5. The lowest BCUT2D eigenvalue weighted by atomic mass is 9.76. The molecule has 3 aliphatic heterocycles. The molecule has 0 saturated carbocycles. The summed E-state index contributed by atoms with van der Waals surface area (Å²) < 4.78 is 0. The highest BCUT2D eigenvalue weighted by molar-refractivity contribution is 6.32. The fourth-order valence-corrected chi connectivity index (χ4v) is 5.84. The average Bonchev–Trinajstić information content (AvgIpc) is 3.37. The van der Waals surface area contributed by atoms with Gasteiger partial charge in [-0.2, -0.15) is 0 Å². The van der Waals surface area contributed by atoms with Gasteiger partial charge in [-0.3, -0.25) is 19.3 Å². The van der Waals surface area contributed by atoms with E-state index in [0.29, 0.717) is 21.8 Å². The second-order valence-corrected chi connectivity index (χ2v) is 9.32. The number of nitrogens with one attached hydrogen (secondary N) is 1. The van der Waals surface area contributed by atoms with Gasteiger partial charge in [0, 0.05) is 23.0 Å². The van der Waals surface area contributed by atoms with Crippen molar-refractivity contribution in [2.75, 3.05) is 5.32 Å². The van der Waals surface area contributed by atoms with E-state index in [4.69, 9.17) is 11.6 Å². The van der Waals surface area contributed by atoms with Crippen LogP contribution in [-0.4, -0.2) is 34.6 Å². The largest absolute Gasteiger partial charge is 0.550 e. The van der Waals surface area contributed by atoms with Gasteiger partial charge >= 0.3 is 0 Å². The van der Waals surface area contributed by atoms with E-state index < -0.39 is 41.2 Å². The molecule has 3 amide bonds. The molecule has 33 heavy (non-hydrogen) atoms. The standard InChI is InChI=1S/C24H22ClN3O5/c1-12-15(25)8-7-14-20(12)26-23(33)24(14)19-18(16(27-24)9-10-17(29)30)21(31)28(22(19)32)11-13-5-3-2-4-6-13/h2-8,16,18-19,27H,9-11H2,1H3,(H,26,33)(H,29,30)/t16-,18-,19+,24-/m1/s1. The van der Waals surface area contributed by atoms with Crippen molar-refractivity contribution < 1.29 is 29.6 Å². The molecule has 2 aromatic carbocycles. The molecule has 2 fully saturated rings. The van der Waals surface area contributed by atoms with Crippen molar-refractivity contribution in [3.63, 3.8) is 0 Å². The number of halogens is 1. The van der Waals surface area contributed by atoms with Crippen LogP contribution in [-0.2, 0) is 31.3 Å². The molecule has 4 atom stereocenters. The maximum atomic E-state index is 13.7. The second kappa shape index (κ2) is 7.67. The molecular formula is C24H22ClN3O5. The number of imide groups is 1. The quantitative estimate of drug-likeness (QED) is 0.602. The van der Waals surface area contributed by atoms with Crippen molar-refractivity contribution in [3.05, 3.63) is 64.2 Å². The number of likely N-dealkylation sites (tertiary alicyclic amines) is 1. The van der Waals surface area contributed by atoms with Crippen molar-refractivity contribution in [1.29, 1.82) is 0 Å². The number of hydrogen-bond acceptors (Lipinski definition) is 5. The van der Waals surface area contributed by atoms with Crippen molar-refractivity contribution in [3.8, 4) is 0 Å². The van der Waals surface area contributed by atoms with Crippen LogP contribution in [0.15, 0.2) is 42.5 Å². The first-order valence-corrected chi connectivity index (χ1v) is 11.2. The molecule has 9 heteroatoms. The summed E-state index contributed by atoms with van der Waals surface area (Å²) in [6.07, 6.45) is -0.159. The molecule has 170 valence electrons. The molecule has 0 bridgehead atoms. The molecule has 0 aliphatic carbocycles. The fourth-order valence-electron chi connectivity index (χ4n) is 5.68. The first-order chi connectivity index (χ1) is 15.8. The molecular weight excluding hydrogens is 446 g/mol. The summed E-state index contributed by atoms with van der Waals surface area (Å²) in [5, 5.41) is 16.2. The topological polar surface area (TPSA) is 123 Å². The number of rotatable bonds is 5. The van der Waals surface area contributed by atoms with Gasteiger partial charge in [0.2, 0.25) is 17.4 Å². The highest BCUT2D eigenvalue weighted by Gasteiger charge is 2.74. The van der Waals surface area contributed by atoms with Gasteiger partial charge in [0.25, 0.3) is 5.91 Å². The fraction of sp³-hybridized carbons (Fsp3) is 0.333. The predicted molar refractivity (Wildman–Crippen MR) is 115 cm³/mol. The Bertz CT molecular complexity index is 1200. The van der Waals surface area contributed by atoms with E-state index in [1.807, 2.05) is 30.3 Å². The number of carbonyl (C=O) groups excluding carboxylic acids is 4. The van der Waals surface area contributed by atoms with E-state index in [1.54, 1.807) is 24.4 Å². The number of fused-ring (bicyclic) bond motifs is 4. The molecule has 5 rings (SSSR count). The molecule has 3 N–H and O–H groups in total. The molecule has 0 unspecified atom stereocenters. The van der Waals surface area contributed by atoms with Crippen LogP contribution < -0.4 is 15.7 Å². The first kappa shape index (κ1) is 21.6. The Morgan fingerprint density at radius 2 is 1.88 bits per heavy atom. The lowest BCUT2D eigenvalue weighted by molar-refractivity contribution is -0.734. The third kappa shape index (κ3) is 3.08. The van der Waals surface area contributed by atoms with Crippen molar-refractivity contribution >= 4 is 41.0 Å². The Morgan fingerprint density at radius 3 is 2.58 bits per heavy atom. The van der Waals surface area contributed by atoms with E-state index >= 15 is 0 Å². The summed E-state index contributed by atoms with van der Waals surface area (Å²) in [6, 6.07) is 12.0. The van der Waals surface area contributed by atoms with Crippen LogP contribution in [0.3, 0.4) is 0 Å². The third-order valence-electron chi connectivity index (χ3n) is 7.20. The summed E-state index contributed by atoms with van der Waals surface area (Å²) in [6.45, 7) is 1.88. The Kier molecular flexibility index (Phi) is 5.02. The number of quaternary nitrogens is 1. The normalized spacial score (nSPS) is 27.8. The van der Waals surface area contributed by atoms with E-state index in [-0.39, 0.29) is 25.3 Å². The number of benzene rings is 2. The van der Waals surface area contributed by atoms with Crippen LogP contribution in [0.5, 0.6) is 0 Å². The number of carboxylic acids is 1. The third-order valence-corrected chi connectivity index (χ3v) is 7.60. The Hall–Kier alpha value is -3.23. The van der Waals surface area contributed by atoms with Crippen molar-refractivity contribution in [1.82, 2.24) is 4.90 Å². The van der Waals surface area contributed by atoms with Crippen molar-refractivity contribution in [2.45, 2.75) is 37.9 Å². The van der Waals surface area contributed by atoms with Crippen LogP contribution in [0.1, 0.15) is 29.5 Å². The minimum absolute atomic E-state index is 0.100. The zero-order valence-electron chi connectivity index (χ0n) is 17.8. The van der Waals surface area contributed by atoms with E-state index in [1.165, 1.54) is 4.90 Å². The number of carboxylic acid groups (broad SMARTS) is 1. The molecule has 8 nitrogen and oxygen atoms in total.